The second kappa shape index (κ2) is 10.5. The van der Waals surface area contributed by atoms with Gasteiger partial charge in [-0.15, -0.1) is 10.2 Å². The highest BCUT2D eigenvalue weighted by molar-refractivity contribution is 8.00. The van der Waals surface area contributed by atoms with Crippen molar-refractivity contribution in [3.63, 3.8) is 0 Å². The summed E-state index contributed by atoms with van der Waals surface area (Å²) in [6.07, 6.45) is 0. The molecule has 8 heteroatoms. The van der Waals surface area contributed by atoms with Crippen LogP contribution in [0.25, 0.3) is 11.4 Å². The lowest BCUT2D eigenvalue weighted by Crippen LogP contribution is -2.50. The van der Waals surface area contributed by atoms with Gasteiger partial charge in [0.15, 0.2) is 11.0 Å². The van der Waals surface area contributed by atoms with Gasteiger partial charge in [0.25, 0.3) is 0 Å². The zero-order valence-corrected chi connectivity index (χ0v) is 20.0. The number of benzene rings is 2. The van der Waals surface area contributed by atoms with Crippen LogP contribution in [0.5, 0.6) is 0 Å². The van der Waals surface area contributed by atoms with Crippen LogP contribution in [0, 0.1) is 0 Å². The number of halogens is 1. The molecule has 1 saturated heterocycles. The molecule has 0 bridgehead atoms. The van der Waals surface area contributed by atoms with Gasteiger partial charge in [-0.25, -0.2) is 0 Å². The molecule has 0 radical (unpaired) electrons. The number of amides is 1. The maximum atomic E-state index is 13.1. The normalized spacial score (nSPS) is 15.7. The molecule has 1 unspecified atom stereocenters. The number of hydrogen-bond acceptors (Lipinski definition) is 5. The predicted molar refractivity (Wildman–Crippen MR) is 130 cm³/mol. The van der Waals surface area contributed by atoms with Crippen LogP contribution >= 0.6 is 23.4 Å². The third kappa shape index (κ3) is 5.34. The molecule has 1 amide bonds. The quantitative estimate of drug-likeness (QED) is 0.483. The molecule has 2 heterocycles. The van der Waals surface area contributed by atoms with Gasteiger partial charge in [0, 0.05) is 36.8 Å². The van der Waals surface area contributed by atoms with Crippen molar-refractivity contribution in [1.29, 1.82) is 0 Å². The van der Waals surface area contributed by atoms with Crippen LogP contribution in [-0.4, -0.2) is 68.4 Å². The van der Waals surface area contributed by atoms with E-state index in [1.54, 1.807) is 0 Å². The molecule has 6 nitrogen and oxygen atoms in total. The summed E-state index contributed by atoms with van der Waals surface area (Å²) in [6, 6.07) is 17.8. The molecule has 0 saturated carbocycles. The number of likely N-dealkylation sites (N-methyl/N-ethyl adjacent to an activating group) is 1. The molecule has 168 valence electrons. The summed E-state index contributed by atoms with van der Waals surface area (Å²) >= 11 is 7.55. The molecule has 2 aromatic carbocycles. The summed E-state index contributed by atoms with van der Waals surface area (Å²) in [7, 11) is 0. The maximum Gasteiger partial charge on any atom is 0.235 e. The van der Waals surface area contributed by atoms with Crippen LogP contribution in [0.2, 0.25) is 5.02 Å². The van der Waals surface area contributed by atoms with Crippen molar-refractivity contribution >= 4 is 29.3 Å². The Bertz CT molecular complexity index is 1030. The largest absolute Gasteiger partial charge is 0.339 e. The second-order valence-electron chi connectivity index (χ2n) is 7.90. The average molecular weight is 470 g/mol. The van der Waals surface area contributed by atoms with E-state index in [0.29, 0.717) is 11.6 Å². The Morgan fingerprint density at radius 2 is 1.72 bits per heavy atom. The summed E-state index contributed by atoms with van der Waals surface area (Å²) in [4.78, 5) is 17.4. The fourth-order valence-corrected chi connectivity index (χ4v) is 4.91. The lowest BCUT2D eigenvalue weighted by atomic mass is 10.2. The Labute approximate surface area is 198 Å². The topological polar surface area (TPSA) is 54.3 Å². The van der Waals surface area contributed by atoms with E-state index in [2.05, 4.69) is 38.7 Å². The van der Waals surface area contributed by atoms with Crippen molar-refractivity contribution in [1.82, 2.24) is 24.6 Å². The van der Waals surface area contributed by atoms with Crippen molar-refractivity contribution in [2.45, 2.75) is 30.8 Å². The van der Waals surface area contributed by atoms with Gasteiger partial charge < -0.3 is 9.80 Å². The van der Waals surface area contributed by atoms with E-state index < -0.39 is 0 Å². The fourth-order valence-electron chi connectivity index (χ4n) is 3.85. The minimum atomic E-state index is -0.236. The van der Waals surface area contributed by atoms with E-state index in [0.717, 1.165) is 54.8 Å². The first kappa shape index (κ1) is 22.8. The number of nitrogens with zero attached hydrogens (tertiary/aromatic N) is 5. The Morgan fingerprint density at radius 1 is 1.03 bits per heavy atom. The molecule has 1 aliphatic rings. The van der Waals surface area contributed by atoms with Gasteiger partial charge in [-0.3, -0.25) is 9.36 Å². The molecule has 1 fully saturated rings. The Balaban J connectivity index is 1.56. The van der Waals surface area contributed by atoms with E-state index in [4.69, 9.17) is 11.6 Å². The van der Waals surface area contributed by atoms with Crippen molar-refractivity contribution < 1.29 is 4.79 Å². The minimum absolute atomic E-state index is 0.160. The van der Waals surface area contributed by atoms with Crippen molar-refractivity contribution in [3.8, 4) is 11.4 Å². The molecule has 1 atom stereocenters. The van der Waals surface area contributed by atoms with Gasteiger partial charge in [0.1, 0.15) is 0 Å². The number of rotatable bonds is 7. The van der Waals surface area contributed by atoms with Crippen LogP contribution < -0.4 is 0 Å². The van der Waals surface area contributed by atoms with Gasteiger partial charge in [-0.05, 0) is 43.3 Å². The standard InChI is InChI=1S/C24H28ClN5OS/c1-3-28-13-15-29(16-14-28)23(31)18(2)32-24-27-26-22(20-9-11-21(25)12-10-20)30(24)17-19-7-5-4-6-8-19/h4-12,18H,3,13-17H2,1-2H3. The molecule has 1 aliphatic heterocycles. The second-order valence-corrected chi connectivity index (χ2v) is 9.65. The lowest BCUT2D eigenvalue weighted by Gasteiger charge is -2.35. The van der Waals surface area contributed by atoms with Gasteiger partial charge in [-0.2, -0.15) is 0 Å². The van der Waals surface area contributed by atoms with Gasteiger partial charge >= 0.3 is 0 Å². The number of aromatic nitrogens is 3. The monoisotopic (exact) mass is 469 g/mol. The molecule has 0 N–H and O–H groups in total. The first-order valence-electron chi connectivity index (χ1n) is 11.0. The maximum absolute atomic E-state index is 13.1. The molecule has 1 aromatic heterocycles. The van der Waals surface area contributed by atoms with Gasteiger partial charge in [0.2, 0.25) is 5.91 Å². The van der Waals surface area contributed by atoms with E-state index >= 15 is 0 Å². The number of hydrogen-bond donors (Lipinski definition) is 0. The summed E-state index contributed by atoms with van der Waals surface area (Å²) in [5.41, 5.74) is 2.10. The summed E-state index contributed by atoms with van der Waals surface area (Å²) in [5.74, 6) is 0.928. The zero-order valence-electron chi connectivity index (χ0n) is 18.4. The van der Waals surface area contributed by atoms with Crippen LogP contribution in [0.4, 0.5) is 0 Å². The summed E-state index contributed by atoms with van der Waals surface area (Å²) < 4.78 is 2.09. The summed E-state index contributed by atoms with van der Waals surface area (Å²) in [6.45, 7) is 9.22. The lowest BCUT2D eigenvalue weighted by molar-refractivity contribution is -0.132. The highest BCUT2D eigenvalue weighted by atomic mass is 35.5. The molecule has 4 rings (SSSR count). The first-order valence-corrected chi connectivity index (χ1v) is 12.2. The molecule has 32 heavy (non-hydrogen) atoms. The van der Waals surface area contributed by atoms with Crippen LogP contribution in [-0.2, 0) is 11.3 Å². The average Bonchev–Trinajstić information content (AvgIpc) is 3.21. The van der Waals surface area contributed by atoms with E-state index in [1.807, 2.05) is 54.3 Å². The van der Waals surface area contributed by atoms with Crippen LogP contribution in [0.3, 0.4) is 0 Å². The highest BCUT2D eigenvalue weighted by Gasteiger charge is 2.27. The van der Waals surface area contributed by atoms with E-state index in [1.165, 1.54) is 11.8 Å². The number of carbonyl (C=O) groups excluding carboxylic acids is 1. The fraction of sp³-hybridized carbons (Fsp3) is 0.375. The number of piperazine rings is 1. The molecular weight excluding hydrogens is 442 g/mol. The van der Waals surface area contributed by atoms with E-state index in [9.17, 15) is 4.79 Å². The number of thioether (sulfide) groups is 1. The van der Waals surface area contributed by atoms with Gasteiger partial charge in [-0.1, -0.05) is 60.6 Å². The van der Waals surface area contributed by atoms with Crippen molar-refractivity contribution in [2.24, 2.45) is 0 Å². The van der Waals surface area contributed by atoms with Crippen LogP contribution in [0.15, 0.2) is 59.8 Å². The third-order valence-electron chi connectivity index (χ3n) is 5.76. The first-order chi connectivity index (χ1) is 15.5. The van der Waals surface area contributed by atoms with Crippen molar-refractivity contribution in [2.75, 3.05) is 32.7 Å². The van der Waals surface area contributed by atoms with Crippen molar-refractivity contribution in [3.05, 3.63) is 65.2 Å². The minimum Gasteiger partial charge on any atom is -0.339 e. The van der Waals surface area contributed by atoms with Gasteiger partial charge in [0.05, 0.1) is 11.8 Å². The highest BCUT2D eigenvalue weighted by Crippen LogP contribution is 2.29. The summed E-state index contributed by atoms with van der Waals surface area (Å²) in [5, 5.41) is 10.1. The zero-order chi connectivity index (χ0) is 22.5. The Kier molecular flexibility index (Phi) is 7.50. The number of carbonyl (C=O) groups is 1. The molecule has 0 aliphatic carbocycles. The molecular formula is C24H28ClN5OS. The molecule has 0 spiro atoms. The third-order valence-corrected chi connectivity index (χ3v) is 7.08. The predicted octanol–water partition coefficient (Wildman–Crippen LogP) is 4.29. The Morgan fingerprint density at radius 3 is 2.38 bits per heavy atom. The SMILES string of the molecule is CCN1CCN(C(=O)C(C)Sc2nnc(-c3ccc(Cl)cc3)n2Cc2ccccc2)CC1. The van der Waals surface area contributed by atoms with E-state index in [-0.39, 0.29) is 11.2 Å². The smallest absolute Gasteiger partial charge is 0.235 e. The molecule has 3 aromatic rings. The van der Waals surface area contributed by atoms with Crippen LogP contribution in [0.1, 0.15) is 19.4 Å². The Hall–Kier alpha value is -2.35.